The summed E-state index contributed by atoms with van der Waals surface area (Å²) >= 11 is 0. The number of carboxylic acid groups (broad SMARTS) is 1. The standard InChI is InChI=1S/C11H23NO3/c1-9(2)8-15-7-5-6-11(3,12-4)10(13)14/h9,12H,5-8H2,1-4H3,(H,13,14). The first-order valence-corrected chi connectivity index (χ1v) is 5.42. The molecule has 0 aliphatic carbocycles. The lowest BCUT2D eigenvalue weighted by molar-refractivity contribution is -0.144. The van der Waals surface area contributed by atoms with Gasteiger partial charge < -0.3 is 15.2 Å². The van der Waals surface area contributed by atoms with Crippen molar-refractivity contribution < 1.29 is 14.6 Å². The van der Waals surface area contributed by atoms with Gasteiger partial charge in [-0.15, -0.1) is 0 Å². The van der Waals surface area contributed by atoms with Crippen LogP contribution < -0.4 is 5.32 Å². The highest BCUT2D eigenvalue weighted by Gasteiger charge is 2.30. The zero-order chi connectivity index (χ0) is 11.9. The average Bonchev–Trinajstić information content (AvgIpc) is 2.16. The maximum absolute atomic E-state index is 10.9. The van der Waals surface area contributed by atoms with E-state index in [4.69, 9.17) is 9.84 Å². The number of hydrogen-bond acceptors (Lipinski definition) is 3. The van der Waals surface area contributed by atoms with Crippen LogP contribution in [-0.4, -0.2) is 36.9 Å². The topological polar surface area (TPSA) is 58.6 Å². The smallest absolute Gasteiger partial charge is 0.323 e. The molecule has 15 heavy (non-hydrogen) atoms. The summed E-state index contributed by atoms with van der Waals surface area (Å²) in [6.45, 7) is 7.24. The van der Waals surface area contributed by atoms with Crippen LogP contribution in [0.25, 0.3) is 0 Å². The fraction of sp³-hybridized carbons (Fsp3) is 0.909. The first-order chi connectivity index (χ1) is 6.92. The number of carboxylic acids is 1. The van der Waals surface area contributed by atoms with Crippen molar-refractivity contribution in [1.82, 2.24) is 5.32 Å². The largest absolute Gasteiger partial charge is 0.480 e. The molecule has 4 nitrogen and oxygen atoms in total. The van der Waals surface area contributed by atoms with E-state index in [0.717, 1.165) is 13.0 Å². The molecule has 0 amide bonds. The molecule has 1 atom stereocenters. The zero-order valence-corrected chi connectivity index (χ0v) is 10.2. The maximum atomic E-state index is 10.9. The van der Waals surface area contributed by atoms with E-state index in [9.17, 15) is 4.79 Å². The molecule has 4 heteroatoms. The number of carbonyl (C=O) groups is 1. The summed E-state index contributed by atoms with van der Waals surface area (Å²) in [6.07, 6.45) is 1.34. The third kappa shape index (κ3) is 5.74. The molecule has 0 aromatic carbocycles. The molecule has 0 radical (unpaired) electrons. The Bertz CT molecular complexity index is 194. The second kappa shape index (κ2) is 6.80. The van der Waals surface area contributed by atoms with E-state index in [-0.39, 0.29) is 0 Å². The van der Waals surface area contributed by atoms with Gasteiger partial charge in [0.25, 0.3) is 0 Å². The van der Waals surface area contributed by atoms with Crippen LogP contribution in [0.15, 0.2) is 0 Å². The van der Waals surface area contributed by atoms with Crippen molar-refractivity contribution in [2.45, 2.75) is 39.2 Å². The number of likely N-dealkylation sites (N-methyl/N-ethyl adjacent to an activating group) is 1. The number of nitrogens with one attached hydrogen (secondary N) is 1. The first kappa shape index (κ1) is 14.4. The van der Waals surface area contributed by atoms with E-state index >= 15 is 0 Å². The van der Waals surface area contributed by atoms with E-state index in [1.165, 1.54) is 0 Å². The molecule has 0 saturated carbocycles. The number of hydrogen-bond donors (Lipinski definition) is 2. The molecule has 0 fully saturated rings. The summed E-state index contributed by atoms with van der Waals surface area (Å²) in [7, 11) is 1.67. The molecule has 0 aliphatic rings. The molecule has 0 heterocycles. The number of rotatable bonds is 8. The van der Waals surface area contributed by atoms with Crippen molar-refractivity contribution in [2.75, 3.05) is 20.3 Å². The van der Waals surface area contributed by atoms with Crippen LogP contribution >= 0.6 is 0 Å². The summed E-state index contributed by atoms with van der Waals surface area (Å²) in [5, 5.41) is 11.8. The van der Waals surface area contributed by atoms with Crippen LogP contribution in [0.4, 0.5) is 0 Å². The van der Waals surface area contributed by atoms with E-state index in [2.05, 4.69) is 19.2 Å². The van der Waals surface area contributed by atoms with E-state index < -0.39 is 11.5 Å². The molecule has 0 spiro atoms. The third-order valence-corrected chi connectivity index (χ3v) is 2.44. The van der Waals surface area contributed by atoms with E-state index in [1.807, 2.05) is 0 Å². The lowest BCUT2D eigenvalue weighted by Gasteiger charge is -2.23. The Labute approximate surface area is 92.0 Å². The Hall–Kier alpha value is -0.610. The highest BCUT2D eigenvalue weighted by atomic mass is 16.5. The van der Waals surface area contributed by atoms with Gasteiger partial charge in [0.1, 0.15) is 5.54 Å². The van der Waals surface area contributed by atoms with E-state index in [1.54, 1.807) is 14.0 Å². The Balaban J connectivity index is 3.69. The fourth-order valence-corrected chi connectivity index (χ4v) is 1.19. The van der Waals surface area contributed by atoms with Gasteiger partial charge in [-0.1, -0.05) is 13.8 Å². The summed E-state index contributed by atoms with van der Waals surface area (Å²) in [6, 6.07) is 0. The second-order valence-corrected chi connectivity index (χ2v) is 4.46. The summed E-state index contributed by atoms with van der Waals surface area (Å²) < 4.78 is 5.39. The molecule has 90 valence electrons. The third-order valence-electron chi connectivity index (χ3n) is 2.44. The zero-order valence-electron chi connectivity index (χ0n) is 10.2. The summed E-state index contributed by atoms with van der Waals surface area (Å²) in [5.74, 6) is -0.283. The van der Waals surface area contributed by atoms with Gasteiger partial charge >= 0.3 is 5.97 Å². The minimum absolute atomic E-state index is 0.528. The monoisotopic (exact) mass is 217 g/mol. The molecular weight excluding hydrogens is 194 g/mol. The van der Waals surface area contributed by atoms with Crippen LogP contribution in [0.1, 0.15) is 33.6 Å². The van der Waals surface area contributed by atoms with Crippen LogP contribution in [0.5, 0.6) is 0 Å². The van der Waals surface area contributed by atoms with Crippen LogP contribution in [0.3, 0.4) is 0 Å². The predicted molar refractivity (Wildman–Crippen MR) is 60.0 cm³/mol. The van der Waals surface area contributed by atoms with Gasteiger partial charge in [0.2, 0.25) is 0 Å². The minimum Gasteiger partial charge on any atom is -0.480 e. The first-order valence-electron chi connectivity index (χ1n) is 5.42. The van der Waals surface area contributed by atoms with Gasteiger partial charge in [-0.25, -0.2) is 0 Å². The average molecular weight is 217 g/mol. The summed E-state index contributed by atoms with van der Waals surface area (Å²) in [4.78, 5) is 10.9. The Morgan fingerprint density at radius 3 is 2.53 bits per heavy atom. The van der Waals surface area contributed by atoms with Crippen molar-refractivity contribution in [3.8, 4) is 0 Å². The molecular formula is C11H23NO3. The molecule has 0 aliphatic heterocycles. The Morgan fingerprint density at radius 1 is 1.53 bits per heavy atom. The lowest BCUT2D eigenvalue weighted by Crippen LogP contribution is -2.47. The number of ether oxygens (including phenoxy) is 1. The van der Waals surface area contributed by atoms with Crippen molar-refractivity contribution in [1.29, 1.82) is 0 Å². The van der Waals surface area contributed by atoms with Gasteiger partial charge in [0.15, 0.2) is 0 Å². The van der Waals surface area contributed by atoms with Crippen molar-refractivity contribution >= 4 is 5.97 Å². The van der Waals surface area contributed by atoms with Crippen molar-refractivity contribution in [3.63, 3.8) is 0 Å². The SMILES string of the molecule is CNC(C)(CCCOCC(C)C)C(=O)O. The van der Waals surface area contributed by atoms with E-state index in [0.29, 0.717) is 18.9 Å². The highest BCUT2D eigenvalue weighted by Crippen LogP contribution is 2.12. The molecule has 0 aromatic rings. The Morgan fingerprint density at radius 2 is 2.13 bits per heavy atom. The van der Waals surface area contributed by atoms with Crippen molar-refractivity contribution in [3.05, 3.63) is 0 Å². The second-order valence-electron chi connectivity index (χ2n) is 4.46. The maximum Gasteiger partial charge on any atom is 0.323 e. The fourth-order valence-electron chi connectivity index (χ4n) is 1.19. The van der Waals surface area contributed by atoms with Crippen LogP contribution in [-0.2, 0) is 9.53 Å². The molecule has 0 aromatic heterocycles. The molecule has 0 bridgehead atoms. The number of aliphatic carboxylic acids is 1. The molecule has 0 rings (SSSR count). The molecule has 1 unspecified atom stereocenters. The normalized spacial score (nSPS) is 15.3. The van der Waals surface area contributed by atoms with Gasteiger partial charge in [-0.2, -0.15) is 0 Å². The quantitative estimate of drug-likeness (QED) is 0.605. The van der Waals surface area contributed by atoms with Gasteiger partial charge in [0, 0.05) is 13.2 Å². The summed E-state index contributed by atoms with van der Waals surface area (Å²) in [5.41, 5.74) is -0.832. The van der Waals surface area contributed by atoms with Crippen LogP contribution in [0.2, 0.25) is 0 Å². The minimum atomic E-state index is -0.832. The highest BCUT2D eigenvalue weighted by molar-refractivity contribution is 5.78. The molecule has 2 N–H and O–H groups in total. The predicted octanol–water partition coefficient (Wildman–Crippen LogP) is 1.50. The van der Waals surface area contributed by atoms with Gasteiger partial charge in [-0.3, -0.25) is 4.79 Å². The lowest BCUT2D eigenvalue weighted by atomic mass is 9.96. The van der Waals surface area contributed by atoms with Crippen molar-refractivity contribution in [2.24, 2.45) is 5.92 Å². The molecule has 0 saturated heterocycles. The Kier molecular flexibility index (Phi) is 6.52. The van der Waals surface area contributed by atoms with Gasteiger partial charge in [0.05, 0.1) is 0 Å². The van der Waals surface area contributed by atoms with Crippen LogP contribution in [0, 0.1) is 5.92 Å². The van der Waals surface area contributed by atoms with Gasteiger partial charge in [-0.05, 0) is 32.7 Å².